The molecule has 0 radical (unpaired) electrons. The lowest BCUT2D eigenvalue weighted by Crippen LogP contribution is -2.43. The number of nitrogens with one attached hydrogen (secondary N) is 1. The predicted octanol–water partition coefficient (Wildman–Crippen LogP) is 3.15. The van der Waals surface area contributed by atoms with Gasteiger partial charge in [0.05, 0.1) is 32.4 Å². The summed E-state index contributed by atoms with van der Waals surface area (Å²) in [4.78, 5) is 24.7. The van der Waals surface area contributed by atoms with E-state index in [1.807, 2.05) is 76.6 Å². The Morgan fingerprint density at radius 1 is 1.10 bits per heavy atom. The minimum Gasteiger partial charge on any atom is -0.453 e. The molecule has 29 heavy (non-hydrogen) atoms. The fourth-order valence-electron chi connectivity index (χ4n) is 3.58. The summed E-state index contributed by atoms with van der Waals surface area (Å²) in [5, 5.41) is 4.51. The minimum absolute atomic E-state index is 0.162. The molecule has 6 heteroatoms. The van der Waals surface area contributed by atoms with Gasteiger partial charge in [0.2, 0.25) is 0 Å². The number of ether oxygens (including phenoxy) is 1. The maximum atomic E-state index is 12.4. The van der Waals surface area contributed by atoms with E-state index in [0.29, 0.717) is 28.7 Å². The Morgan fingerprint density at radius 3 is 2.41 bits per heavy atom. The van der Waals surface area contributed by atoms with Crippen LogP contribution in [0.1, 0.15) is 40.9 Å². The van der Waals surface area contributed by atoms with Crippen molar-refractivity contribution in [3.63, 3.8) is 0 Å². The molecule has 1 heterocycles. The average Bonchev–Trinajstić information content (AvgIpc) is 3.01. The Morgan fingerprint density at radius 2 is 1.76 bits per heavy atom. The first kappa shape index (κ1) is 20.7. The number of rotatable bonds is 7. The molecule has 2 aromatic rings. The van der Waals surface area contributed by atoms with E-state index in [1.165, 1.54) is 0 Å². The summed E-state index contributed by atoms with van der Waals surface area (Å²) in [5.74, 6) is -0.662. The third kappa shape index (κ3) is 4.90. The summed E-state index contributed by atoms with van der Waals surface area (Å²) >= 11 is 0. The molecular formula is C23H28N3O3+. The van der Waals surface area contributed by atoms with Gasteiger partial charge in [0.25, 0.3) is 5.91 Å². The number of benzene rings is 2. The van der Waals surface area contributed by atoms with Crippen LogP contribution in [-0.2, 0) is 9.53 Å². The van der Waals surface area contributed by atoms with Crippen LogP contribution in [0.25, 0.3) is 0 Å². The molecule has 2 unspecified atom stereocenters. The largest absolute Gasteiger partial charge is 0.453 e. The summed E-state index contributed by atoms with van der Waals surface area (Å²) in [6.45, 7) is 2.34. The molecule has 6 nitrogen and oxygen atoms in total. The van der Waals surface area contributed by atoms with Crippen LogP contribution in [0.2, 0.25) is 0 Å². The smallest absolute Gasteiger partial charge is 0.339 e. The molecule has 1 aliphatic heterocycles. The van der Waals surface area contributed by atoms with Gasteiger partial charge in [-0.3, -0.25) is 4.79 Å². The first-order chi connectivity index (χ1) is 13.8. The fourth-order valence-corrected chi connectivity index (χ4v) is 3.58. The number of amides is 1. The number of carbonyl (C=O) groups is 2. The van der Waals surface area contributed by atoms with Crippen molar-refractivity contribution in [2.24, 2.45) is 11.0 Å². The highest BCUT2D eigenvalue weighted by molar-refractivity contribution is 6.04. The van der Waals surface area contributed by atoms with E-state index in [-0.39, 0.29) is 17.8 Å². The van der Waals surface area contributed by atoms with Gasteiger partial charge in [0.1, 0.15) is 6.10 Å². The van der Waals surface area contributed by atoms with Crippen LogP contribution in [0.5, 0.6) is 0 Å². The average molecular weight is 394 g/mol. The van der Waals surface area contributed by atoms with Crippen LogP contribution in [0.3, 0.4) is 0 Å². The van der Waals surface area contributed by atoms with Crippen molar-refractivity contribution in [1.82, 2.24) is 5.43 Å². The number of nitrogens with zero attached hydrogens (tertiary/aromatic N) is 2. The van der Waals surface area contributed by atoms with Crippen molar-refractivity contribution in [2.45, 2.75) is 19.4 Å². The van der Waals surface area contributed by atoms with Gasteiger partial charge < -0.3 is 9.22 Å². The standard InChI is InChI=1S/C23H27N3O3/c1-5-17(22-18-13-9-10-14-19(18)23(28)29-22)21(16-11-7-6-8-12-16)25-24-20(27)15-26(2,3)4/h6-14,17,22H,5,15H2,1-4H3/p+1. The Bertz CT molecular complexity index is 916. The quantitative estimate of drug-likeness (QED) is 0.339. The molecular weight excluding hydrogens is 366 g/mol. The summed E-state index contributed by atoms with van der Waals surface area (Å²) in [6.07, 6.45) is 0.267. The summed E-state index contributed by atoms with van der Waals surface area (Å²) < 4.78 is 6.25. The Kier molecular flexibility index (Phi) is 6.13. The second kappa shape index (κ2) is 8.57. The summed E-state index contributed by atoms with van der Waals surface area (Å²) in [5.41, 5.74) is 5.77. The number of esters is 1. The maximum Gasteiger partial charge on any atom is 0.339 e. The molecule has 1 aliphatic rings. The highest BCUT2D eigenvalue weighted by Gasteiger charge is 2.38. The van der Waals surface area contributed by atoms with E-state index >= 15 is 0 Å². The van der Waals surface area contributed by atoms with Gasteiger partial charge in [-0.05, 0) is 18.1 Å². The van der Waals surface area contributed by atoms with E-state index in [4.69, 9.17) is 4.74 Å². The predicted molar refractivity (Wildman–Crippen MR) is 112 cm³/mol. The van der Waals surface area contributed by atoms with Crippen LogP contribution >= 0.6 is 0 Å². The van der Waals surface area contributed by atoms with Gasteiger partial charge in [-0.1, -0.05) is 55.5 Å². The molecule has 2 atom stereocenters. The zero-order valence-electron chi connectivity index (χ0n) is 17.4. The Labute approximate surface area is 171 Å². The van der Waals surface area contributed by atoms with E-state index < -0.39 is 6.10 Å². The number of hydrazone groups is 1. The van der Waals surface area contributed by atoms with Crippen LogP contribution in [0.15, 0.2) is 59.7 Å². The van der Waals surface area contributed by atoms with Gasteiger partial charge in [0, 0.05) is 11.5 Å². The second-order valence-electron chi connectivity index (χ2n) is 8.27. The van der Waals surface area contributed by atoms with E-state index in [0.717, 1.165) is 11.1 Å². The lowest BCUT2D eigenvalue weighted by molar-refractivity contribution is -0.862. The first-order valence-electron chi connectivity index (χ1n) is 9.82. The van der Waals surface area contributed by atoms with Crippen LogP contribution in [0.4, 0.5) is 0 Å². The monoisotopic (exact) mass is 394 g/mol. The lowest BCUT2D eigenvalue weighted by Gasteiger charge is -2.25. The minimum atomic E-state index is -0.432. The molecule has 0 spiro atoms. The zero-order chi connectivity index (χ0) is 21.0. The summed E-state index contributed by atoms with van der Waals surface area (Å²) in [6, 6.07) is 17.1. The third-order valence-electron chi connectivity index (χ3n) is 4.87. The van der Waals surface area contributed by atoms with E-state index in [9.17, 15) is 9.59 Å². The van der Waals surface area contributed by atoms with Crippen molar-refractivity contribution >= 4 is 17.6 Å². The van der Waals surface area contributed by atoms with Gasteiger partial charge >= 0.3 is 5.97 Å². The molecule has 3 rings (SSSR count). The van der Waals surface area contributed by atoms with Gasteiger partial charge in [-0.2, -0.15) is 5.10 Å². The SMILES string of the molecule is CCC(C(=NNC(=O)C[N+](C)(C)C)c1ccccc1)C1OC(=O)c2ccccc21. The zero-order valence-corrected chi connectivity index (χ0v) is 17.4. The number of hydrogen-bond acceptors (Lipinski definition) is 4. The van der Waals surface area contributed by atoms with Crippen LogP contribution in [0, 0.1) is 5.92 Å². The number of hydrogen-bond donors (Lipinski definition) is 1. The number of likely N-dealkylation sites (N-methyl/N-ethyl adjacent to an activating group) is 1. The molecule has 1 amide bonds. The highest BCUT2D eigenvalue weighted by Crippen LogP contribution is 2.39. The molecule has 0 saturated carbocycles. The van der Waals surface area contributed by atoms with Gasteiger partial charge in [-0.15, -0.1) is 0 Å². The van der Waals surface area contributed by atoms with Crippen LogP contribution < -0.4 is 5.43 Å². The molecule has 0 aliphatic carbocycles. The van der Waals surface area contributed by atoms with E-state index in [2.05, 4.69) is 10.5 Å². The number of carbonyl (C=O) groups excluding carboxylic acids is 2. The Hall–Kier alpha value is -2.99. The van der Waals surface area contributed by atoms with Crippen molar-refractivity contribution in [3.8, 4) is 0 Å². The van der Waals surface area contributed by atoms with Crippen molar-refractivity contribution < 1.29 is 18.8 Å². The molecule has 1 N–H and O–H groups in total. The molecule has 2 aromatic carbocycles. The van der Waals surface area contributed by atoms with Gasteiger partial charge in [0.15, 0.2) is 6.54 Å². The van der Waals surface area contributed by atoms with E-state index in [1.54, 1.807) is 6.07 Å². The van der Waals surface area contributed by atoms with Gasteiger partial charge in [-0.25, -0.2) is 10.2 Å². The molecule has 152 valence electrons. The highest BCUT2D eigenvalue weighted by atomic mass is 16.5. The third-order valence-corrected chi connectivity index (χ3v) is 4.87. The molecule has 0 fully saturated rings. The Balaban J connectivity index is 1.96. The van der Waals surface area contributed by atoms with Crippen molar-refractivity contribution in [1.29, 1.82) is 0 Å². The number of fused-ring (bicyclic) bond motifs is 1. The second-order valence-corrected chi connectivity index (χ2v) is 8.27. The van der Waals surface area contributed by atoms with Crippen molar-refractivity contribution in [3.05, 3.63) is 71.3 Å². The molecule has 0 saturated heterocycles. The van der Waals surface area contributed by atoms with Crippen molar-refractivity contribution in [2.75, 3.05) is 27.7 Å². The maximum absolute atomic E-state index is 12.4. The first-order valence-corrected chi connectivity index (χ1v) is 9.82. The van der Waals surface area contributed by atoms with Crippen LogP contribution in [-0.4, -0.2) is 49.8 Å². The summed E-state index contributed by atoms with van der Waals surface area (Å²) in [7, 11) is 5.85. The number of cyclic esters (lactones) is 1. The topological polar surface area (TPSA) is 67.8 Å². The lowest BCUT2D eigenvalue weighted by atomic mass is 9.85. The molecule has 0 aromatic heterocycles. The number of quaternary nitrogens is 1. The fraction of sp³-hybridized carbons (Fsp3) is 0.348. The normalized spacial score (nSPS) is 17.4. The molecule has 0 bridgehead atoms.